The molecule has 4 rings (SSSR count). The van der Waals surface area contributed by atoms with Crippen LogP contribution in [0, 0.1) is 4.77 Å². The molecular formula is C19H23N3OS2. The first-order chi connectivity index (χ1) is 12.2. The molecule has 1 saturated heterocycles. The first-order valence-corrected chi connectivity index (χ1v) is 10.3. The minimum atomic E-state index is 0.0463. The van der Waals surface area contributed by atoms with Gasteiger partial charge in [0, 0.05) is 29.2 Å². The molecule has 1 aliphatic rings. The molecule has 0 spiro atoms. The van der Waals surface area contributed by atoms with Crippen LogP contribution in [-0.4, -0.2) is 33.6 Å². The summed E-state index contributed by atoms with van der Waals surface area (Å²) in [5, 5.41) is 1.08. The summed E-state index contributed by atoms with van der Waals surface area (Å²) in [6.07, 6.45) is 5.03. The fraction of sp³-hybridized carbons (Fsp3) is 0.474. The van der Waals surface area contributed by atoms with Crippen LogP contribution in [0.1, 0.15) is 32.6 Å². The Hall–Kier alpha value is -1.50. The second-order valence-electron chi connectivity index (χ2n) is 6.78. The Kier molecular flexibility index (Phi) is 4.75. The molecule has 0 saturated carbocycles. The molecule has 2 aromatic heterocycles. The number of thiophene rings is 1. The minimum Gasteiger partial charge on any atom is -0.330 e. The molecule has 132 valence electrons. The molecule has 0 aliphatic carbocycles. The van der Waals surface area contributed by atoms with Crippen molar-refractivity contribution < 1.29 is 0 Å². The number of aromatic nitrogens is 2. The lowest BCUT2D eigenvalue weighted by atomic mass is 10.0. The van der Waals surface area contributed by atoms with Crippen molar-refractivity contribution in [2.45, 2.75) is 45.2 Å². The number of rotatable bonds is 4. The Labute approximate surface area is 156 Å². The van der Waals surface area contributed by atoms with Crippen LogP contribution in [-0.2, 0) is 6.54 Å². The van der Waals surface area contributed by atoms with Crippen LogP contribution in [0.5, 0.6) is 0 Å². The maximum Gasteiger partial charge on any atom is 0.272 e. The fourth-order valence-corrected chi connectivity index (χ4v) is 5.34. The number of likely N-dealkylation sites (tertiary alicyclic amines) is 1. The largest absolute Gasteiger partial charge is 0.330 e. The van der Waals surface area contributed by atoms with E-state index in [4.69, 9.17) is 12.2 Å². The highest BCUT2D eigenvalue weighted by atomic mass is 32.1. The van der Waals surface area contributed by atoms with Crippen molar-refractivity contribution in [3.05, 3.63) is 39.4 Å². The number of H-pyrrole nitrogens is 1. The van der Waals surface area contributed by atoms with Crippen molar-refractivity contribution in [1.29, 1.82) is 0 Å². The number of nitrogens with zero attached hydrogens (tertiary/aromatic N) is 2. The zero-order valence-electron chi connectivity index (χ0n) is 14.5. The number of benzene rings is 1. The second-order valence-corrected chi connectivity index (χ2v) is 8.22. The van der Waals surface area contributed by atoms with Crippen LogP contribution in [0.3, 0.4) is 0 Å². The molecule has 0 bridgehead atoms. The first-order valence-electron chi connectivity index (χ1n) is 9.07. The smallest absolute Gasteiger partial charge is 0.272 e. The Bertz CT molecular complexity index is 1020. The number of piperidine rings is 1. The molecule has 0 unspecified atom stereocenters. The second kappa shape index (κ2) is 7.02. The number of hydrogen-bond donors (Lipinski definition) is 1. The van der Waals surface area contributed by atoms with E-state index >= 15 is 0 Å². The molecule has 6 heteroatoms. The Balaban J connectivity index is 1.69. The molecule has 3 aromatic rings. The van der Waals surface area contributed by atoms with Crippen molar-refractivity contribution in [2.24, 2.45) is 0 Å². The third-order valence-electron chi connectivity index (χ3n) is 5.34. The topological polar surface area (TPSA) is 41.0 Å². The quantitative estimate of drug-likeness (QED) is 0.683. The molecule has 0 radical (unpaired) electrons. The van der Waals surface area contributed by atoms with Crippen LogP contribution in [0.25, 0.3) is 20.3 Å². The van der Waals surface area contributed by atoms with Gasteiger partial charge >= 0.3 is 0 Å². The Morgan fingerprint density at radius 3 is 2.96 bits per heavy atom. The van der Waals surface area contributed by atoms with Gasteiger partial charge in [0.2, 0.25) is 0 Å². The van der Waals surface area contributed by atoms with Gasteiger partial charge in [-0.25, -0.2) is 0 Å². The first kappa shape index (κ1) is 16.9. The molecule has 1 atom stereocenters. The highest BCUT2D eigenvalue weighted by molar-refractivity contribution is 7.71. The van der Waals surface area contributed by atoms with Crippen LogP contribution >= 0.6 is 23.6 Å². The van der Waals surface area contributed by atoms with Crippen molar-refractivity contribution in [2.75, 3.05) is 13.1 Å². The van der Waals surface area contributed by atoms with Gasteiger partial charge in [-0.15, -0.1) is 11.3 Å². The van der Waals surface area contributed by atoms with E-state index in [0.717, 1.165) is 33.4 Å². The zero-order valence-corrected chi connectivity index (χ0v) is 16.1. The summed E-state index contributed by atoms with van der Waals surface area (Å²) in [5.74, 6) is 0. The molecule has 25 heavy (non-hydrogen) atoms. The predicted octanol–water partition coefficient (Wildman–Crippen LogP) is 4.54. The highest BCUT2D eigenvalue weighted by Gasteiger charge is 2.21. The third kappa shape index (κ3) is 3.07. The molecular weight excluding hydrogens is 350 g/mol. The van der Waals surface area contributed by atoms with E-state index in [1.54, 1.807) is 15.9 Å². The average molecular weight is 374 g/mol. The summed E-state index contributed by atoms with van der Waals surface area (Å²) in [4.78, 5) is 18.8. The summed E-state index contributed by atoms with van der Waals surface area (Å²) in [6.45, 7) is 4.95. The SMILES string of the molecule is CC[C@@H]1CCCCN1CCn1c(=S)[nH]c2c(sc3ccccc32)c1=O. The van der Waals surface area contributed by atoms with Gasteiger partial charge in [0.15, 0.2) is 4.77 Å². The molecule has 3 heterocycles. The van der Waals surface area contributed by atoms with E-state index in [2.05, 4.69) is 22.9 Å². The van der Waals surface area contributed by atoms with E-state index in [1.807, 2.05) is 18.2 Å². The van der Waals surface area contributed by atoms with Gasteiger partial charge in [-0.2, -0.15) is 0 Å². The van der Waals surface area contributed by atoms with Gasteiger partial charge < -0.3 is 4.98 Å². The lowest BCUT2D eigenvalue weighted by Gasteiger charge is -2.35. The van der Waals surface area contributed by atoms with Gasteiger partial charge in [-0.3, -0.25) is 14.3 Å². The number of fused-ring (bicyclic) bond motifs is 3. The summed E-state index contributed by atoms with van der Waals surface area (Å²) in [6, 6.07) is 8.75. The molecule has 1 aromatic carbocycles. The van der Waals surface area contributed by atoms with E-state index in [-0.39, 0.29) is 5.56 Å². The lowest BCUT2D eigenvalue weighted by Crippen LogP contribution is -2.41. The monoisotopic (exact) mass is 373 g/mol. The van der Waals surface area contributed by atoms with Crippen molar-refractivity contribution in [3.8, 4) is 0 Å². The summed E-state index contributed by atoms with van der Waals surface area (Å²) < 4.78 is 4.18. The molecule has 4 nitrogen and oxygen atoms in total. The normalized spacial score (nSPS) is 19.0. The van der Waals surface area contributed by atoms with E-state index < -0.39 is 0 Å². The van der Waals surface area contributed by atoms with E-state index in [0.29, 0.717) is 17.4 Å². The maximum atomic E-state index is 13.0. The summed E-state index contributed by atoms with van der Waals surface area (Å²) >= 11 is 7.07. The van der Waals surface area contributed by atoms with Crippen molar-refractivity contribution >= 4 is 43.9 Å². The van der Waals surface area contributed by atoms with Crippen molar-refractivity contribution in [1.82, 2.24) is 14.5 Å². The van der Waals surface area contributed by atoms with Crippen LogP contribution in [0.2, 0.25) is 0 Å². The number of aromatic amines is 1. The van der Waals surface area contributed by atoms with E-state index in [1.165, 1.54) is 25.7 Å². The van der Waals surface area contributed by atoms with E-state index in [9.17, 15) is 4.79 Å². The highest BCUT2D eigenvalue weighted by Crippen LogP contribution is 2.30. The van der Waals surface area contributed by atoms with Crippen LogP contribution < -0.4 is 5.56 Å². The lowest BCUT2D eigenvalue weighted by molar-refractivity contribution is 0.138. The Morgan fingerprint density at radius 1 is 1.28 bits per heavy atom. The maximum absolute atomic E-state index is 13.0. The predicted molar refractivity (Wildman–Crippen MR) is 108 cm³/mol. The van der Waals surface area contributed by atoms with Crippen molar-refractivity contribution in [3.63, 3.8) is 0 Å². The average Bonchev–Trinajstić information content (AvgIpc) is 3.01. The standard InChI is InChI=1S/C19H23N3OS2/c1-2-13-7-5-6-10-21(13)11-12-22-18(23)17-16(20-19(22)24)14-8-3-4-9-15(14)25-17/h3-4,8-9,13H,2,5-7,10-12H2,1H3,(H,20,24)/t13-/m1/s1. The third-order valence-corrected chi connectivity index (χ3v) is 6.82. The molecule has 1 aliphatic heterocycles. The Morgan fingerprint density at radius 2 is 2.12 bits per heavy atom. The summed E-state index contributed by atoms with van der Waals surface area (Å²) in [7, 11) is 0. The molecule has 1 N–H and O–H groups in total. The van der Waals surface area contributed by atoms with Gasteiger partial charge in [0.1, 0.15) is 4.70 Å². The van der Waals surface area contributed by atoms with Gasteiger partial charge in [0.25, 0.3) is 5.56 Å². The summed E-state index contributed by atoms with van der Waals surface area (Å²) in [5.41, 5.74) is 0.932. The number of hydrogen-bond acceptors (Lipinski definition) is 4. The fourth-order valence-electron chi connectivity index (χ4n) is 3.96. The minimum absolute atomic E-state index is 0.0463. The zero-order chi connectivity index (χ0) is 17.4. The van der Waals surface area contributed by atoms with Gasteiger partial charge in [0.05, 0.1) is 5.52 Å². The number of nitrogens with one attached hydrogen (secondary N) is 1. The van der Waals surface area contributed by atoms with Crippen LogP contribution in [0.4, 0.5) is 0 Å². The van der Waals surface area contributed by atoms with Crippen LogP contribution in [0.15, 0.2) is 29.1 Å². The molecule has 0 amide bonds. The van der Waals surface area contributed by atoms with Gasteiger partial charge in [-0.05, 0) is 44.1 Å². The molecule has 1 fully saturated rings. The van der Waals surface area contributed by atoms with Gasteiger partial charge in [-0.1, -0.05) is 31.5 Å².